The first-order chi connectivity index (χ1) is 12.7. The van der Waals surface area contributed by atoms with Crippen molar-refractivity contribution in [2.45, 2.75) is 13.8 Å². The van der Waals surface area contributed by atoms with Crippen molar-refractivity contribution in [3.8, 4) is 0 Å². The van der Waals surface area contributed by atoms with Crippen molar-refractivity contribution in [2.24, 2.45) is 0 Å². The lowest BCUT2D eigenvalue weighted by Gasteiger charge is -2.27. The number of rotatable bonds is 7. The second-order valence-electron chi connectivity index (χ2n) is 6.42. The Labute approximate surface area is 155 Å². The fourth-order valence-corrected chi connectivity index (χ4v) is 3.15. The van der Waals surface area contributed by atoms with Crippen LogP contribution >= 0.6 is 0 Å². The molecular formula is C19H28N6O. The maximum Gasteiger partial charge on any atom is 0.161 e. The fraction of sp³-hybridized carbons (Fsp3) is 0.474. The quantitative estimate of drug-likeness (QED) is 0.788. The molecule has 140 valence electrons. The summed E-state index contributed by atoms with van der Waals surface area (Å²) in [5.74, 6) is 1.43. The van der Waals surface area contributed by atoms with Gasteiger partial charge in [0.25, 0.3) is 0 Å². The number of aromatic nitrogens is 2. The molecule has 0 radical (unpaired) electrons. The molecule has 0 atom stereocenters. The molecule has 0 saturated carbocycles. The zero-order chi connectivity index (χ0) is 18.4. The highest BCUT2D eigenvalue weighted by Gasteiger charge is 2.16. The first kappa shape index (κ1) is 18.4. The fourth-order valence-electron chi connectivity index (χ4n) is 3.15. The second-order valence-corrected chi connectivity index (χ2v) is 6.42. The molecule has 1 aromatic carbocycles. The van der Waals surface area contributed by atoms with E-state index in [0.717, 1.165) is 57.4 Å². The van der Waals surface area contributed by atoms with E-state index in [9.17, 15) is 0 Å². The van der Waals surface area contributed by atoms with Gasteiger partial charge in [0.15, 0.2) is 11.6 Å². The molecule has 0 unspecified atom stereocenters. The van der Waals surface area contributed by atoms with E-state index in [2.05, 4.69) is 57.1 Å². The van der Waals surface area contributed by atoms with Crippen LogP contribution in [0.3, 0.4) is 0 Å². The second kappa shape index (κ2) is 8.82. The average Bonchev–Trinajstić information content (AvgIpc) is 2.66. The summed E-state index contributed by atoms with van der Waals surface area (Å²) in [6, 6.07) is 8.34. The van der Waals surface area contributed by atoms with Gasteiger partial charge < -0.3 is 20.7 Å². The largest absolute Gasteiger partial charge is 0.393 e. The maximum absolute atomic E-state index is 6.39. The Morgan fingerprint density at radius 2 is 2.08 bits per heavy atom. The van der Waals surface area contributed by atoms with Crippen molar-refractivity contribution in [1.82, 2.24) is 14.9 Å². The van der Waals surface area contributed by atoms with Gasteiger partial charge in [-0.3, -0.25) is 4.90 Å². The molecule has 0 aliphatic carbocycles. The number of hydrogen-bond donors (Lipinski definition) is 2. The molecule has 2 aromatic rings. The van der Waals surface area contributed by atoms with E-state index < -0.39 is 0 Å². The van der Waals surface area contributed by atoms with Crippen LogP contribution in [0.4, 0.5) is 23.0 Å². The van der Waals surface area contributed by atoms with Crippen molar-refractivity contribution in [3.63, 3.8) is 0 Å². The Hall–Kier alpha value is -2.38. The predicted molar refractivity (Wildman–Crippen MR) is 106 cm³/mol. The van der Waals surface area contributed by atoms with Gasteiger partial charge in [0.2, 0.25) is 0 Å². The number of aryl methyl sites for hydroxylation is 1. The average molecular weight is 356 g/mol. The summed E-state index contributed by atoms with van der Waals surface area (Å²) < 4.78 is 5.38. The van der Waals surface area contributed by atoms with Crippen molar-refractivity contribution in [2.75, 3.05) is 61.9 Å². The smallest absolute Gasteiger partial charge is 0.161 e. The molecule has 0 spiro atoms. The highest BCUT2D eigenvalue weighted by atomic mass is 16.5. The number of morpholine rings is 1. The minimum absolute atomic E-state index is 0.581. The highest BCUT2D eigenvalue weighted by Crippen LogP contribution is 2.31. The lowest BCUT2D eigenvalue weighted by Crippen LogP contribution is -2.39. The SMILES string of the molecule is CCN(c1cccc(C)c1)c1ncnc(NCCN2CCOCC2)c1N. The zero-order valence-corrected chi connectivity index (χ0v) is 15.6. The number of nitrogens with two attached hydrogens (primary N) is 1. The van der Waals surface area contributed by atoms with E-state index in [-0.39, 0.29) is 0 Å². The van der Waals surface area contributed by atoms with Gasteiger partial charge in [-0.2, -0.15) is 0 Å². The molecule has 1 aliphatic rings. The number of anilines is 4. The van der Waals surface area contributed by atoms with Crippen molar-refractivity contribution in [1.29, 1.82) is 0 Å². The van der Waals surface area contributed by atoms with E-state index in [1.54, 1.807) is 6.33 Å². The van der Waals surface area contributed by atoms with Gasteiger partial charge in [-0.25, -0.2) is 9.97 Å². The van der Waals surface area contributed by atoms with Crippen LogP contribution in [0.25, 0.3) is 0 Å². The van der Waals surface area contributed by atoms with Crippen LogP contribution < -0.4 is 16.0 Å². The third-order valence-corrected chi connectivity index (χ3v) is 4.57. The van der Waals surface area contributed by atoms with Crippen LogP contribution in [0.1, 0.15) is 12.5 Å². The first-order valence-corrected chi connectivity index (χ1v) is 9.17. The molecule has 1 fully saturated rings. The summed E-state index contributed by atoms with van der Waals surface area (Å²) in [5, 5.41) is 3.36. The van der Waals surface area contributed by atoms with E-state index in [0.29, 0.717) is 11.5 Å². The summed E-state index contributed by atoms with van der Waals surface area (Å²) in [7, 11) is 0. The van der Waals surface area contributed by atoms with Gasteiger partial charge in [-0.05, 0) is 31.5 Å². The summed E-state index contributed by atoms with van der Waals surface area (Å²) in [5.41, 5.74) is 9.26. The summed E-state index contributed by atoms with van der Waals surface area (Å²) in [6.07, 6.45) is 1.57. The van der Waals surface area contributed by atoms with Gasteiger partial charge in [0, 0.05) is 38.4 Å². The van der Waals surface area contributed by atoms with Gasteiger partial charge in [-0.15, -0.1) is 0 Å². The lowest BCUT2D eigenvalue weighted by atomic mass is 10.2. The monoisotopic (exact) mass is 356 g/mol. The molecule has 1 aromatic heterocycles. The summed E-state index contributed by atoms with van der Waals surface area (Å²) in [6.45, 7) is 10.2. The molecule has 0 bridgehead atoms. The van der Waals surface area contributed by atoms with Gasteiger partial charge in [-0.1, -0.05) is 12.1 Å². The van der Waals surface area contributed by atoms with Crippen molar-refractivity contribution in [3.05, 3.63) is 36.2 Å². The number of ether oxygens (including phenoxy) is 1. The standard InChI is InChI=1S/C19H28N6O/c1-3-25(16-6-4-5-15(2)13-16)19-17(20)18(22-14-23-19)21-7-8-24-9-11-26-12-10-24/h4-6,13-14H,3,7-12,20H2,1-2H3,(H,21,22,23). The Morgan fingerprint density at radius 3 is 2.81 bits per heavy atom. The Bertz CT molecular complexity index is 717. The molecule has 3 N–H and O–H groups in total. The molecule has 1 aliphatic heterocycles. The van der Waals surface area contributed by atoms with E-state index in [1.165, 1.54) is 5.56 Å². The summed E-state index contributed by atoms with van der Waals surface area (Å²) in [4.78, 5) is 13.3. The van der Waals surface area contributed by atoms with Crippen LogP contribution in [0.15, 0.2) is 30.6 Å². The molecule has 2 heterocycles. The normalized spacial score (nSPS) is 15.0. The van der Waals surface area contributed by atoms with Crippen LogP contribution in [-0.4, -0.2) is 60.8 Å². The molecule has 1 saturated heterocycles. The molecule has 3 rings (SSSR count). The number of hydrogen-bond acceptors (Lipinski definition) is 7. The van der Waals surface area contributed by atoms with Crippen LogP contribution in [0, 0.1) is 6.92 Å². The molecule has 0 amide bonds. The van der Waals surface area contributed by atoms with Gasteiger partial charge in [0.1, 0.15) is 12.0 Å². The number of benzene rings is 1. The van der Waals surface area contributed by atoms with Gasteiger partial charge >= 0.3 is 0 Å². The minimum atomic E-state index is 0.581. The first-order valence-electron chi connectivity index (χ1n) is 9.17. The van der Waals surface area contributed by atoms with Crippen molar-refractivity contribution >= 4 is 23.0 Å². The third-order valence-electron chi connectivity index (χ3n) is 4.57. The van der Waals surface area contributed by atoms with Crippen molar-refractivity contribution < 1.29 is 4.74 Å². The topological polar surface area (TPSA) is 79.5 Å². The third kappa shape index (κ3) is 4.42. The highest BCUT2D eigenvalue weighted by molar-refractivity contribution is 5.79. The Balaban J connectivity index is 1.71. The molecule has 7 nitrogen and oxygen atoms in total. The zero-order valence-electron chi connectivity index (χ0n) is 15.6. The maximum atomic E-state index is 6.39. The minimum Gasteiger partial charge on any atom is -0.393 e. The van der Waals surface area contributed by atoms with E-state index in [4.69, 9.17) is 10.5 Å². The van der Waals surface area contributed by atoms with E-state index in [1.807, 2.05) is 6.07 Å². The van der Waals surface area contributed by atoms with Crippen LogP contribution in [0.2, 0.25) is 0 Å². The number of nitrogens with one attached hydrogen (secondary N) is 1. The predicted octanol–water partition coefficient (Wildman–Crippen LogP) is 2.27. The van der Waals surface area contributed by atoms with Crippen LogP contribution in [0.5, 0.6) is 0 Å². The number of nitrogens with zero attached hydrogens (tertiary/aromatic N) is 4. The molecule has 7 heteroatoms. The Kier molecular flexibility index (Phi) is 6.25. The molecular weight excluding hydrogens is 328 g/mol. The Morgan fingerprint density at radius 1 is 1.27 bits per heavy atom. The van der Waals surface area contributed by atoms with E-state index >= 15 is 0 Å². The summed E-state index contributed by atoms with van der Waals surface area (Å²) >= 11 is 0. The lowest BCUT2D eigenvalue weighted by molar-refractivity contribution is 0.0398. The van der Waals surface area contributed by atoms with Crippen LogP contribution in [-0.2, 0) is 4.74 Å². The van der Waals surface area contributed by atoms with Gasteiger partial charge in [0.05, 0.1) is 13.2 Å². The number of nitrogen functional groups attached to an aromatic ring is 1. The molecule has 26 heavy (non-hydrogen) atoms.